The van der Waals surface area contributed by atoms with Crippen LogP contribution in [0.15, 0.2) is 0 Å². The molecular weight excluding hydrogens is 248 g/mol. The number of nitrogens with zero attached hydrogens (tertiary/aromatic N) is 1. The van der Waals surface area contributed by atoms with Crippen molar-refractivity contribution in [2.75, 3.05) is 20.1 Å². The van der Waals surface area contributed by atoms with E-state index in [0.29, 0.717) is 17.9 Å². The summed E-state index contributed by atoms with van der Waals surface area (Å²) in [5, 5.41) is 3.50. The van der Waals surface area contributed by atoms with Crippen LogP contribution in [-0.4, -0.2) is 37.0 Å². The highest BCUT2D eigenvalue weighted by Gasteiger charge is 2.36. The molecule has 0 aromatic heterocycles. The summed E-state index contributed by atoms with van der Waals surface area (Å²) < 4.78 is 0. The lowest BCUT2D eigenvalue weighted by Crippen LogP contribution is -2.43. The Morgan fingerprint density at radius 3 is 2.60 bits per heavy atom. The zero-order valence-corrected chi connectivity index (χ0v) is 12.9. The lowest BCUT2D eigenvalue weighted by Gasteiger charge is -2.40. The van der Waals surface area contributed by atoms with Gasteiger partial charge in [-0.2, -0.15) is 0 Å². The van der Waals surface area contributed by atoms with E-state index in [1.165, 1.54) is 51.4 Å². The maximum absolute atomic E-state index is 12.7. The van der Waals surface area contributed by atoms with Crippen LogP contribution in [0.5, 0.6) is 0 Å². The number of hydrogen-bond acceptors (Lipinski definition) is 2. The molecule has 0 bridgehead atoms. The largest absolute Gasteiger partial charge is 0.344 e. The Bertz CT molecular complexity index is 338. The Kier molecular flexibility index (Phi) is 4.65. The van der Waals surface area contributed by atoms with Gasteiger partial charge in [-0.15, -0.1) is 0 Å². The van der Waals surface area contributed by atoms with Gasteiger partial charge in [0.25, 0.3) is 0 Å². The molecule has 3 aliphatic rings. The summed E-state index contributed by atoms with van der Waals surface area (Å²) in [6.07, 6.45) is 11.7. The quantitative estimate of drug-likeness (QED) is 0.861. The molecule has 2 aliphatic carbocycles. The molecule has 4 atom stereocenters. The van der Waals surface area contributed by atoms with Crippen LogP contribution in [-0.2, 0) is 4.79 Å². The van der Waals surface area contributed by atoms with Gasteiger partial charge in [0.1, 0.15) is 0 Å². The topological polar surface area (TPSA) is 32.3 Å². The lowest BCUT2D eigenvalue weighted by molar-refractivity contribution is -0.136. The molecule has 114 valence electrons. The number of fused-ring (bicyclic) bond motifs is 1. The molecule has 0 aromatic rings. The summed E-state index contributed by atoms with van der Waals surface area (Å²) in [4.78, 5) is 14.7. The van der Waals surface area contributed by atoms with Crippen molar-refractivity contribution in [3.05, 3.63) is 0 Å². The third-order valence-corrected chi connectivity index (χ3v) is 5.92. The molecule has 2 saturated carbocycles. The van der Waals surface area contributed by atoms with Crippen LogP contribution in [0, 0.1) is 17.8 Å². The summed E-state index contributed by atoms with van der Waals surface area (Å²) in [6.45, 7) is 2.03. The van der Waals surface area contributed by atoms with Gasteiger partial charge < -0.3 is 10.2 Å². The molecule has 1 heterocycles. The number of amides is 1. The van der Waals surface area contributed by atoms with E-state index in [-0.39, 0.29) is 0 Å². The maximum Gasteiger partial charge on any atom is 0.225 e. The molecule has 1 saturated heterocycles. The minimum atomic E-state index is 0.320. The predicted octanol–water partition coefficient (Wildman–Crippen LogP) is 2.80. The molecule has 0 radical (unpaired) electrons. The highest BCUT2D eigenvalue weighted by Crippen LogP contribution is 2.43. The van der Waals surface area contributed by atoms with Gasteiger partial charge in [-0.25, -0.2) is 0 Å². The predicted molar refractivity (Wildman–Crippen MR) is 81.5 cm³/mol. The van der Waals surface area contributed by atoms with Gasteiger partial charge in [0.2, 0.25) is 5.91 Å². The molecule has 3 nitrogen and oxygen atoms in total. The second kappa shape index (κ2) is 6.46. The fourth-order valence-electron chi connectivity index (χ4n) is 4.74. The second-order valence-corrected chi connectivity index (χ2v) is 7.33. The van der Waals surface area contributed by atoms with Gasteiger partial charge in [0, 0.05) is 25.6 Å². The Labute approximate surface area is 123 Å². The molecular formula is C17H30N2O. The Balaban J connectivity index is 1.51. The van der Waals surface area contributed by atoms with E-state index in [1.807, 2.05) is 11.9 Å². The SMILES string of the molecule is CN(CC1CCCN1)C(=O)C1CCC2CCCCC2C1. The first-order valence-corrected chi connectivity index (χ1v) is 8.72. The Morgan fingerprint density at radius 2 is 1.85 bits per heavy atom. The molecule has 3 fully saturated rings. The first kappa shape index (κ1) is 14.4. The van der Waals surface area contributed by atoms with Gasteiger partial charge in [-0.05, 0) is 50.5 Å². The standard InChI is InChI=1S/C17H30N2O/c1-19(12-16-7-4-10-18-16)17(20)15-9-8-13-5-2-3-6-14(13)11-15/h13-16,18H,2-12H2,1H3. The molecule has 1 N–H and O–H groups in total. The van der Waals surface area contributed by atoms with Gasteiger partial charge in [0.05, 0.1) is 0 Å². The molecule has 0 spiro atoms. The second-order valence-electron chi connectivity index (χ2n) is 7.33. The van der Waals surface area contributed by atoms with Crippen LogP contribution >= 0.6 is 0 Å². The highest BCUT2D eigenvalue weighted by molar-refractivity contribution is 5.78. The van der Waals surface area contributed by atoms with E-state index in [2.05, 4.69) is 5.32 Å². The Hall–Kier alpha value is -0.570. The minimum Gasteiger partial charge on any atom is -0.344 e. The first-order chi connectivity index (χ1) is 9.74. The van der Waals surface area contributed by atoms with Gasteiger partial charge >= 0.3 is 0 Å². The third kappa shape index (κ3) is 3.19. The van der Waals surface area contributed by atoms with Gasteiger partial charge in [0.15, 0.2) is 0 Å². The van der Waals surface area contributed by atoms with Crippen molar-refractivity contribution < 1.29 is 4.79 Å². The summed E-state index contributed by atoms with van der Waals surface area (Å²) in [6, 6.07) is 0.537. The molecule has 0 aromatic carbocycles. The minimum absolute atomic E-state index is 0.320. The number of nitrogens with one attached hydrogen (secondary N) is 1. The van der Waals surface area contributed by atoms with E-state index in [4.69, 9.17) is 0 Å². The third-order valence-electron chi connectivity index (χ3n) is 5.92. The monoisotopic (exact) mass is 278 g/mol. The summed E-state index contributed by atoms with van der Waals surface area (Å²) in [7, 11) is 2.01. The Morgan fingerprint density at radius 1 is 1.05 bits per heavy atom. The zero-order valence-electron chi connectivity index (χ0n) is 12.9. The van der Waals surface area contributed by atoms with Crippen LogP contribution < -0.4 is 5.32 Å². The van der Waals surface area contributed by atoms with Crippen molar-refractivity contribution in [1.29, 1.82) is 0 Å². The fraction of sp³-hybridized carbons (Fsp3) is 0.941. The van der Waals surface area contributed by atoms with E-state index < -0.39 is 0 Å². The number of carbonyl (C=O) groups is 1. The molecule has 1 amide bonds. The van der Waals surface area contributed by atoms with Crippen LogP contribution in [0.2, 0.25) is 0 Å². The maximum atomic E-state index is 12.7. The lowest BCUT2D eigenvalue weighted by atomic mass is 9.67. The van der Waals surface area contributed by atoms with E-state index in [0.717, 1.165) is 31.3 Å². The van der Waals surface area contributed by atoms with Crippen molar-refractivity contribution in [2.24, 2.45) is 17.8 Å². The van der Waals surface area contributed by atoms with Crippen LogP contribution in [0.1, 0.15) is 57.8 Å². The summed E-state index contributed by atoms with van der Waals surface area (Å²) >= 11 is 0. The average molecular weight is 278 g/mol. The fourth-order valence-corrected chi connectivity index (χ4v) is 4.74. The van der Waals surface area contributed by atoms with Crippen LogP contribution in [0.3, 0.4) is 0 Å². The van der Waals surface area contributed by atoms with E-state index in [1.54, 1.807) is 0 Å². The van der Waals surface area contributed by atoms with Crippen molar-refractivity contribution in [3.8, 4) is 0 Å². The summed E-state index contributed by atoms with van der Waals surface area (Å²) in [5.41, 5.74) is 0. The normalized spacial score (nSPS) is 37.5. The van der Waals surface area contributed by atoms with E-state index in [9.17, 15) is 4.79 Å². The van der Waals surface area contributed by atoms with Crippen molar-refractivity contribution in [2.45, 2.75) is 63.8 Å². The smallest absolute Gasteiger partial charge is 0.225 e. The number of rotatable bonds is 3. The van der Waals surface area contributed by atoms with Crippen molar-refractivity contribution >= 4 is 5.91 Å². The number of likely N-dealkylation sites (N-methyl/N-ethyl adjacent to an activating group) is 1. The van der Waals surface area contributed by atoms with Crippen LogP contribution in [0.4, 0.5) is 0 Å². The van der Waals surface area contributed by atoms with Crippen LogP contribution in [0.25, 0.3) is 0 Å². The van der Waals surface area contributed by atoms with Crippen molar-refractivity contribution in [3.63, 3.8) is 0 Å². The molecule has 3 rings (SSSR count). The molecule has 4 unspecified atom stereocenters. The highest BCUT2D eigenvalue weighted by atomic mass is 16.2. The van der Waals surface area contributed by atoms with Gasteiger partial charge in [-0.1, -0.05) is 25.7 Å². The molecule has 1 aliphatic heterocycles. The first-order valence-electron chi connectivity index (χ1n) is 8.72. The van der Waals surface area contributed by atoms with Gasteiger partial charge in [-0.3, -0.25) is 4.79 Å². The number of carbonyl (C=O) groups excluding carboxylic acids is 1. The molecule has 3 heteroatoms. The molecule has 20 heavy (non-hydrogen) atoms. The average Bonchev–Trinajstić information content (AvgIpc) is 2.99. The zero-order chi connectivity index (χ0) is 13.9. The number of hydrogen-bond donors (Lipinski definition) is 1. The summed E-state index contributed by atoms with van der Waals surface area (Å²) in [5.74, 6) is 2.53. The van der Waals surface area contributed by atoms with Crippen molar-refractivity contribution in [1.82, 2.24) is 10.2 Å². The van der Waals surface area contributed by atoms with E-state index >= 15 is 0 Å².